The first kappa shape index (κ1) is 21.4. The molecule has 0 atom stereocenters. The maximum atomic E-state index is 13.5. The molecule has 170 valence electrons. The van der Waals surface area contributed by atoms with Gasteiger partial charge in [0.15, 0.2) is 0 Å². The van der Waals surface area contributed by atoms with Gasteiger partial charge in [-0.25, -0.2) is 19.0 Å². The first-order valence-electron chi connectivity index (χ1n) is 10.7. The van der Waals surface area contributed by atoms with Crippen molar-refractivity contribution in [3.05, 3.63) is 89.3 Å². The zero-order chi connectivity index (χ0) is 23.8. The van der Waals surface area contributed by atoms with Gasteiger partial charge in [-0.3, -0.25) is 14.8 Å². The molecule has 0 saturated carbocycles. The van der Waals surface area contributed by atoms with Gasteiger partial charge in [-0.05, 0) is 43.7 Å². The normalized spacial score (nSPS) is 11.2. The summed E-state index contributed by atoms with van der Waals surface area (Å²) < 4.78 is 16.8. The third-order valence-corrected chi connectivity index (χ3v) is 5.72. The number of benzene rings is 2. The first-order chi connectivity index (χ1) is 16.4. The predicted molar refractivity (Wildman–Crippen MR) is 127 cm³/mol. The van der Waals surface area contributed by atoms with Gasteiger partial charge in [0, 0.05) is 23.7 Å². The molecule has 34 heavy (non-hydrogen) atoms. The number of carbonyl (C=O) groups excluding carboxylic acids is 1. The number of nitrogens with zero attached hydrogens (tertiary/aromatic N) is 6. The zero-order valence-electron chi connectivity index (χ0n) is 19.0. The topological polar surface area (TPSA) is 90.5 Å². The van der Waals surface area contributed by atoms with E-state index in [0.29, 0.717) is 23.3 Å². The quantitative estimate of drug-likeness (QED) is 0.427. The number of amides is 1. The van der Waals surface area contributed by atoms with Crippen molar-refractivity contribution in [2.75, 3.05) is 5.32 Å². The summed E-state index contributed by atoms with van der Waals surface area (Å²) in [5.41, 5.74) is 5.30. The number of anilines is 1. The van der Waals surface area contributed by atoms with Gasteiger partial charge in [0.2, 0.25) is 5.95 Å². The zero-order valence-corrected chi connectivity index (χ0v) is 19.0. The third-order valence-electron chi connectivity index (χ3n) is 5.72. The lowest BCUT2D eigenvalue weighted by Crippen LogP contribution is -2.14. The first-order valence-corrected chi connectivity index (χ1v) is 10.7. The van der Waals surface area contributed by atoms with Crippen LogP contribution in [0.25, 0.3) is 22.2 Å². The Morgan fingerprint density at radius 2 is 1.88 bits per heavy atom. The van der Waals surface area contributed by atoms with Gasteiger partial charge in [0.1, 0.15) is 12.1 Å². The fraction of sp³-hybridized carbons (Fsp3) is 0.160. The number of fused-ring (bicyclic) bond motifs is 1. The van der Waals surface area contributed by atoms with E-state index in [-0.39, 0.29) is 17.7 Å². The molecular weight excluding hydrogens is 433 g/mol. The molecule has 0 saturated heterocycles. The predicted octanol–water partition coefficient (Wildman–Crippen LogP) is 4.28. The molecule has 0 spiro atoms. The van der Waals surface area contributed by atoms with E-state index in [9.17, 15) is 9.18 Å². The fourth-order valence-electron chi connectivity index (χ4n) is 4.05. The van der Waals surface area contributed by atoms with Crippen LogP contribution < -0.4 is 5.32 Å². The monoisotopic (exact) mass is 455 g/mol. The Morgan fingerprint density at radius 1 is 1.06 bits per heavy atom. The Morgan fingerprint density at radius 3 is 2.65 bits per heavy atom. The van der Waals surface area contributed by atoms with Crippen molar-refractivity contribution in [1.82, 2.24) is 29.5 Å². The highest BCUT2D eigenvalue weighted by Crippen LogP contribution is 2.29. The number of hydrogen-bond acceptors (Lipinski definition) is 5. The van der Waals surface area contributed by atoms with E-state index in [4.69, 9.17) is 4.98 Å². The van der Waals surface area contributed by atoms with Crippen LogP contribution >= 0.6 is 0 Å². The minimum absolute atomic E-state index is 0.164. The molecule has 9 heteroatoms. The molecule has 8 nitrogen and oxygen atoms in total. The van der Waals surface area contributed by atoms with Crippen LogP contribution in [0.4, 0.5) is 10.3 Å². The number of aryl methyl sites for hydroxylation is 2. The van der Waals surface area contributed by atoms with E-state index in [2.05, 4.69) is 20.5 Å². The molecule has 3 heterocycles. The van der Waals surface area contributed by atoms with Gasteiger partial charge in [-0.15, -0.1) is 5.10 Å². The van der Waals surface area contributed by atoms with E-state index in [1.54, 1.807) is 27.6 Å². The second-order valence-corrected chi connectivity index (χ2v) is 8.09. The van der Waals surface area contributed by atoms with Crippen LogP contribution in [0.15, 0.2) is 60.9 Å². The highest BCUT2D eigenvalue weighted by Gasteiger charge is 2.19. The van der Waals surface area contributed by atoms with Crippen molar-refractivity contribution in [2.24, 2.45) is 7.05 Å². The Labute approximate surface area is 195 Å². The Balaban J connectivity index is 1.47. The van der Waals surface area contributed by atoms with Crippen LogP contribution in [0.2, 0.25) is 0 Å². The number of hydrogen-bond donors (Lipinski definition) is 1. The highest BCUT2D eigenvalue weighted by atomic mass is 19.1. The molecule has 0 fully saturated rings. The maximum absolute atomic E-state index is 13.5. The molecule has 5 aromatic rings. The van der Waals surface area contributed by atoms with Crippen molar-refractivity contribution in [1.29, 1.82) is 0 Å². The van der Waals surface area contributed by atoms with E-state index in [1.807, 2.05) is 45.2 Å². The van der Waals surface area contributed by atoms with Crippen molar-refractivity contribution >= 4 is 22.8 Å². The maximum Gasteiger partial charge on any atom is 0.258 e. The van der Waals surface area contributed by atoms with Crippen LogP contribution in [-0.4, -0.2) is 35.4 Å². The average molecular weight is 455 g/mol. The largest absolute Gasteiger partial charge is 0.289 e. The molecule has 2 aromatic carbocycles. The average Bonchev–Trinajstić information content (AvgIpc) is 3.35. The number of pyridine rings is 1. The summed E-state index contributed by atoms with van der Waals surface area (Å²) >= 11 is 0. The second kappa shape index (κ2) is 8.51. The Kier molecular flexibility index (Phi) is 5.37. The lowest BCUT2D eigenvalue weighted by Gasteiger charge is -2.10. The van der Waals surface area contributed by atoms with E-state index in [0.717, 1.165) is 27.9 Å². The van der Waals surface area contributed by atoms with Crippen LogP contribution in [0.5, 0.6) is 0 Å². The highest BCUT2D eigenvalue weighted by molar-refractivity contribution is 6.12. The fourth-order valence-corrected chi connectivity index (χ4v) is 4.05. The smallest absolute Gasteiger partial charge is 0.258 e. The SMILES string of the molecule is Cc1nn(C)c(C)c1-c1cc(C(=O)Nc2ncn(Cc3cccc(F)c3)n2)c2ccccc2n1. The molecule has 1 N–H and O–H groups in total. The molecule has 0 aliphatic rings. The summed E-state index contributed by atoms with van der Waals surface area (Å²) in [6.45, 7) is 4.23. The molecule has 0 aliphatic carbocycles. The van der Waals surface area contributed by atoms with Crippen LogP contribution in [0, 0.1) is 19.7 Å². The molecule has 5 rings (SSSR count). The Hall–Kier alpha value is -4.40. The van der Waals surface area contributed by atoms with Crippen LogP contribution in [-0.2, 0) is 13.6 Å². The number of aromatic nitrogens is 6. The van der Waals surface area contributed by atoms with Crippen molar-refractivity contribution in [2.45, 2.75) is 20.4 Å². The summed E-state index contributed by atoms with van der Waals surface area (Å²) in [6.07, 6.45) is 1.50. The van der Waals surface area contributed by atoms with Crippen LogP contribution in [0.3, 0.4) is 0 Å². The lowest BCUT2D eigenvalue weighted by atomic mass is 10.0. The minimum atomic E-state index is -0.345. The van der Waals surface area contributed by atoms with Gasteiger partial charge in [-0.2, -0.15) is 5.10 Å². The molecule has 1 amide bonds. The van der Waals surface area contributed by atoms with E-state index in [1.165, 1.54) is 18.5 Å². The third kappa shape index (κ3) is 4.03. The van der Waals surface area contributed by atoms with Crippen molar-refractivity contribution in [3.8, 4) is 11.3 Å². The number of halogens is 1. The molecule has 3 aromatic heterocycles. The number of nitrogens with one attached hydrogen (secondary N) is 1. The number of carbonyl (C=O) groups is 1. The standard InChI is InChI=1S/C25H22FN7O/c1-15-23(16(2)32(3)30-15)22-12-20(19-9-4-5-10-21(19)28-22)24(34)29-25-27-14-33(31-25)13-17-7-6-8-18(26)11-17/h4-12,14H,13H2,1-3H3,(H,29,31,34). The summed E-state index contributed by atoms with van der Waals surface area (Å²) in [5, 5.41) is 12.3. The van der Waals surface area contributed by atoms with Gasteiger partial charge < -0.3 is 0 Å². The molecule has 0 bridgehead atoms. The molecule has 0 unspecified atom stereocenters. The molecule has 0 radical (unpaired) electrons. The number of para-hydroxylation sites is 1. The van der Waals surface area contributed by atoms with E-state index >= 15 is 0 Å². The lowest BCUT2D eigenvalue weighted by molar-refractivity contribution is 0.102. The van der Waals surface area contributed by atoms with Gasteiger partial charge in [0.25, 0.3) is 5.91 Å². The Bertz CT molecular complexity index is 1540. The number of rotatable bonds is 5. The van der Waals surface area contributed by atoms with Gasteiger partial charge in [-0.1, -0.05) is 30.3 Å². The summed E-state index contributed by atoms with van der Waals surface area (Å²) in [6, 6.07) is 15.5. The summed E-state index contributed by atoms with van der Waals surface area (Å²) in [7, 11) is 1.88. The summed E-state index contributed by atoms with van der Waals surface area (Å²) in [4.78, 5) is 22.3. The van der Waals surface area contributed by atoms with Crippen molar-refractivity contribution in [3.63, 3.8) is 0 Å². The van der Waals surface area contributed by atoms with Crippen LogP contribution in [0.1, 0.15) is 27.3 Å². The van der Waals surface area contributed by atoms with Gasteiger partial charge in [0.05, 0.1) is 29.0 Å². The van der Waals surface area contributed by atoms with E-state index < -0.39 is 0 Å². The minimum Gasteiger partial charge on any atom is -0.289 e. The second-order valence-electron chi connectivity index (χ2n) is 8.09. The van der Waals surface area contributed by atoms with Gasteiger partial charge >= 0.3 is 0 Å². The molecule has 0 aliphatic heterocycles. The molecular formula is C25H22FN7O. The summed E-state index contributed by atoms with van der Waals surface area (Å²) in [5.74, 6) is -0.495. The van der Waals surface area contributed by atoms with Crippen molar-refractivity contribution < 1.29 is 9.18 Å².